The second-order valence-electron chi connectivity index (χ2n) is 4.83. The van der Waals surface area contributed by atoms with Crippen LogP contribution in [0.1, 0.15) is 18.4 Å². The molecule has 2 rings (SSSR count). The average Bonchev–Trinajstić information content (AvgIpc) is 2.35. The van der Waals surface area contributed by atoms with Crippen molar-refractivity contribution in [2.75, 3.05) is 0 Å². The van der Waals surface area contributed by atoms with Crippen molar-refractivity contribution in [3.63, 3.8) is 0 Å². The molecule has 1 aliphatic rings. The second kappa shape index (κ2) is 6.19. The van der Waals surface area contributed by atoms with Crippen molar-refractivity contribution in [1.29, 1.82) is 0 Å². The van der Waals surface area contributed by atoms with E-state index in [1.165, 1.54) is 5.56 Å². The summed E-state index contributed by atoms with van der Waals surface area (Å²) in [5.41, 5.74) is 1.24. The summed E-state index contributed by atoms with van der Waals surface area (Å²) in [4.78, 5) is -0.146. The van der Waals surface area contributed by atoms with Gasteiger partial charge in [0.2, 0.25) is 0 Å². The van der Waals surface area contributed by atoms with Crippen LogP contribution in [0.5, 0.6) is 0 Å². The van der Waals surface area contributed by atoms with Gasteiger partial charge in [-0.2, -0.15) is 0 Å². The van der Waals surface area contributed by atoms with Gasteiger partial charge in [-0.15, -0.1) is 11.6 Å². The molecule has 1 aromatic carbocycles. The first kappa shape index (κ1) is 17.3. The minimum absolute atomic E-state index is 0.279. The zero-order chi connectivity index (χ0) is 14.3. The molecule has 0 amide bonds. The molecule has 0 N–H and O–H groups in total. The second-order valence-corrected chi connectivity index (χ2v) is 13.7. The van der Waals surface area contributed by atoms with Gasteiger partial charge in [-0.1, -0.05) is 110 Å². The Morgan fingerprint density at radius 1 is 1.11 bits per heavy atom. The van der Waals surface area contributed by atoms with Crippen LogP contribution in [0.2, 0.25) is 0 Å². The van der Waals surface area contributed by atoms with Gasteiger partial charge in [0.15, 0.2) is 0 Å². The predicted octanol–water partition coefficient (Wildman–Crippen LogP) is 6.74. The molecule has 0 bridgehead atoms. The molecule has 0 aliphatic heterocycles. The lowest BCUT2D eigenvalue weighted by Crippen LogP contribution is -2.60. The predicted molar refractivity (Wildman–Crippen MR) is 102 cm³/mol. The minimum atomic E-state index is -0.468. The Kier molecular flexibility index (Phi) is 5.63. The summed E-state index contributed by atoms with van der Waals surface area (Å²) < 4.78 is -0.828. The fourth-order valence-corrected chi connectivity index (χ4v) is 6.58. The third-order valence-corrected chi connectivity index (χ3v) is 14.1. The van der Waals surface area contributed by atoms with E-state index in [1.807, 2.05) is 18.2 Å². The molecule has 0 heterocycles. The van der Waals surface area contributed by atoms with Crippen molar-refractivity contribution < 1.29 is 0 Å². The lowest BCUT2D eigenvalue weighted by Gasteiger charge is -2.52. The van der Waals surface area contributed by atoms with Crippen molar-refractivity contribution in [2.24, 2.45) is 0 Å². The van der Waals surface area contributed by atoms with Gasteiger partial charge in [-0.3, -0.25) is 0 Å². The molecule has 0 saturated heterocycles. The molecule has 0 aromatic heterocycles. The molecule has 1 fully saturated rings. The van der Waals surface area contributed by atoms with Crippen molar-refractivity contribution in [3.05, 3.63) is 35.9 Å². The largest absolute Gasteiger partial charge is 0.126 e. The van der Waals surface area contributed by atoms with Crippen LogP contribution in [-0.4, -0.2) is 16.2 Å². The van der Waals surface area contributed by atoms with E-state index >= 15 is 0 Å². The zero-order valence-electron chi connectivity index (χ0n) is 9.85. The quantitative estimate of drug-likeness (QED) is 0.329. The average molecular weight is 603 g/mol. The SMILES string of the molecule is ClC1(Cc2ccccc2)CCC(Br)C(Br)(Br)C1(Br)Br. The van der Waals surface area contributed by atoms with E-state index in [0.717, 1.165) is 19.3 Å². The first-order chi connectivity index (χ1) is 8.71. The van der Waals surface area contributed by atoms with Gasteiger partial charge in [0.1, 0.15) is 6.47 Å². The molecule has 6 heteroatoms. The Hall–Kier alpha value is 1.91. The molecule has 1 aliphatic carbocycles. The first-order valence-electron chi connectivity index (χ1n) is 5.83. The Bertz CT molecular complexity index is 448. The maximum Gasteiger partial charge on any atom is 0.126 e. The summed E-state index contributed by atoms with van der Waals surface area (Å²) in [6.45, 7) is 0. The molecular weight excluding hydrogens is 591 g/mol. The van der Waals surface area contributed by atoms with Gasteiger partial charge in [0.25, 0.3) is 0 Å². The maximum atomic E-state index is 6.98. The fourth-order valence-electron chi connectivity index (χ4n) is 2.31. The van der Waals surface area contributed by atoms with Gasteiger partial charge < -0.3 is 0 Å². The van der Waals surface area contributed by atoms with Gasteiger partial charge in [-0.05, 0) is 24.8 Å². The summed E-state index contributed by atoms with van der Waals surface area (Å²) in [6, 6.07) is 10.3. The number of halogens is 6. The molecule has 1 aromatic rings. The van der Waals surface area contributed by atoms with Crippen LogP contribution in [0.15, 0.2) is 30.3 Å². The van der Waals surface area contributed by atoms with E-state index in [0.29, 0.717) is 0 Å². The molecule has 0 radical (unpaired) electrons. The van der Waals surface area contributed by atoms with E-state index in [4.69, 9.17) is 11.6 Å². The third kappa shape index (κ3) is 3.17. The summed E-state index contributed by atoms with van der Waals surface area (Å²) >= 11 is 25.8. The highest BCUT2D eigenvalue weighted by Crippen LogP contribution is 2.65. The number of hydrogen-bond donors (Lipinski definition) is 0. The van der Waals surface area contributed by atoms with E-state index in [9.17, 15) is 0 Å². The normalized spacial score (nSPS) is 33.1. The van der Waals surface area contributed by atoms with Crippen molar-refractivity contribution in [2.45, 2.75) is 35.4 Å². The number of alkyl halides is 6. The number of hydrogen-bond acceptors (Lipinski definition) is 0. The van der Waals surface area contributed by atoms with Gasteiger partial charge >= 0.3 is 0 Å². The molecule has 106 valence electrons. The molecule has 0 spiro atoms. The molecule has 0 nitrogen and oxygen atoms in total. The molecule has 19 heavy (non-hydrogen) atoms. The zero-order valence-corrected chi connectivity index (χ0v) is 18.5. The summed E-state index contributed by atoms with van der Waals surface area (Å²) in [6.07, 6.45) is 2.70. The van der Waals surface area contributed by atoms with Crippen LogP contribution in [0.4, 0.5) is 0 Å². The standard InChI is InChI=1S/C13H12Br5Cl/c14-10-6-7-11(19,13(17,18)12(10,15)16)8-9-4-2-1-3-5-9/h1-5,10H,6-8H2. The smallest absolute Gasteiger partial charge is 0.116 e. The molecule has 2 unspecified atom stereocenters. The van der Waals surface area contributed by atoms with Crippen LogP contribution in [0.25, 0.3) is 0 Å². The Morgan fingerprint density at radius 3 is 2.26 bits per heavy atom. The van der Waals surface area contributed by atoms with E-state index in [-0.39, 0.29) is 8.06 Å². The fraction of sp³-hybridized carbons (Fsp3) is 0.538. The lowest BCUT2D eigenvalue weighted by atomic mass is 9.83. The van der Waals surface area contributed by atoms with Crippen molar-refractivity contribution in [1.82, 2.24) is 0 Å². The molecular formula is C13H12Br5Cl. The third-order valence-electron chi connectivity index (χ3n) is 3.50. The minimum Gasteiger partial charge on any atom is -0.116 e. The van der Waals surface area contributed by atoms with Gasteiger partial charge in [0, 0.05) is 4.83 Å². The van der Waals surface area contributed by atoms with Gasteiger partial charge in [0.05, 0.1) is 4.87 Å². The highest BCUT2D eigenvalue weighted by Gasteiger charge is 2.63. The summed E-state index contributed by atoms with van der Waals surface area (Å²) in [7, 11) is 0. The van der Waals surface area contributed by atoms with Crippen LogP contribution in [-0.2, 0) is 6.42 Å². The van der Waals surface area contributed by atoms with Crippen molar-refractivity contribution in [3.8, 4) is 0 Å². The highest BCUT2D eigenvalue weighted by molar-refractivity contribution is 9.31. The maximum absolute atomic E-state index is 6.98. The van der Waals surface area contributed by atoms with Gasteiger partial charge in [-0.25, -0.2) is 0 Å². The van der Waals surface area contributed by atoms with E-state index in [1.54, 1.807) is 0 Å². The molecule has 1 saturated carbocycles. The van der Waals surface area contributed by atoms with Crippen molar-refractivity contribution >= 4 is 91.3 Å². The number of rotatable bonds is 2. The van der Waals surface area contributed by atoms with Crippen LogP contribution >= 0.6 is 91.3 Å². The van der Waals surface area contributed by atoms with E-state index in [2.05, 4.69) is 91.8 Å². The van der Waals surface area contributed by atoms with Crippen LogP contribution < -0.4 is 0 Å². The summed E-state index contributed by atoms with van der Waals surface area (Å²) in [5, 5.41) is 0. The monoisotopic (exact) mass is 598 g/mol. The Morgan fingerprint density at radius 2 is 1.68 bits per heavy atom. The summed E-state index contributed by atoms with van der Waals surface area (Å²) in [5.74, 6) is 0. The number of benzene rings is 1. The highest BCUT2D eigenvalue weighted by atomic mass is 79.9. The van der Waals surface area contributed by atoms with Crippen LogP contribution in [0.3, 0.4) is 0 Å². The topological polar surface area (TPSA) is 0 Å². The Labute approximate surface area is 161 Å². The lowest BCUT2D eigenvalue weighted by molar-refractivity contribution is 0.396. The first-order valence-corrected chi connectivity index (χ1v) is 10.3. The van der Waals surface area contributed by atoms with E-state index < -0.39 is 8.11 Å². The Balaban J connectivity index is 2.32. The molecule has 2 atom stereocenters. The van der Waals surface area contributed by atoms with Crippen LogP contribution in [0, 0.1) is 0 Å².